The highest BCUT2D eigenvalue weighted by atomic mass is 16.5. The molecule has 3 aromatic rings. The van der Waals surface area contributed by atoms with E-state index in [4.69, 9.17) is 9.72 Å². The van der Waals surface area contributed by atoms with Crippen molar-refractivity contribution in [2.45, 2.75) is 25.2 Å². The Morgan fingerprint density at radius 1 is 1.23 bits per heavy atom. The van der Waals surface area contributed by atoms with Gasteiger partial charge in [0.15, 0.2) is 5.69 Å². The largest absolute Gasteiger partial charge is 0.497 e. The average molecular weight is 349 g/mol. The molecule has 1 aromatic carbocycles. The number of amides is 1. The SMILES string of the molecule is COc1ccc(CCN(C)C(=O)c2nc(C3CC3)n3ccccc23)cc1. The number of methoxy groups -OCH3 is 1. The average Bonchev–Trinajstić information content (AvgIpc) is 3.46. The van der Waals surface area contributed by atoms with Crippen molar-refractivity contribution in [1.82, 2.24) is 14.3 Å². The van der Waals surface area contributed by atoms with Gasteiger partial charge in [0.2, 0.25) is 0 Å². The molecule has 4 rings (SSSR count). The van der Waals surface area contributed by atoms with Crippen LogP contribution in [0.3, 0.4) is 0 Å². The molecule has 0 bridgehead atoms. The number of benzene rings is 1. The van der Waals surface area contributed by atoms with Gasteiger partial charge in [-0.1, -0.05) is 18.2 Å². The summed E-state index contributed by atoms with van der Waals surface area (Å²) in [5.41, 5.74) is 2.64. The van der Waals surface area contributed by atoms with Gasteiger partial charge < -0.3 is 14.0 Å². The Morgan fingerprint density at radius 2 is 2.00 bits per heavy atom. The molecule has 2 heterocycles. The van der Waals surface area contributed by atoms with Crippen molar-refractivity contribution in [3.05, 3.63) is 65.7 Å². The van der Waals surface area contributed by atoms with Gasteiger partial charge in [0.25, 0.3) is 5.91 Å². The Bertz CT molecular complexity index is 926. The summed E-state index contributed by atoms with van der Waals surface area (Å²) in [5.74, 6) is 2.34. The van der Waals surface area contributed by atoms with Crippen LogP contribution in [0.25, 0.3) is 5.52 Å². The third kappa shape index (κ3) is 3.17. The molecule has 26 heavy (non-hydrogen) atoms. The number of hydrogen-bond acceptors (Lipinski definition) is 3. The maximum Gasteiger partial charge on any atom is 0.274 e. The molecule has 5 heteroatoms. The quantitative estimate of drug-likeness (QED) is 0.684. The van der Waals surface area contributed by atoms with E-state index in [1.54, 1.807) is 12.0 Å². The molecule has 0 N–H and O–H groups in total. The van der Waals surface area contributed by atoms with E-state index in [0.717, 1.165) is 36.4 Å². The number of carbonyl (C=O) groups excluding carboxylic acids is 1. The summed E-state index contributed by atoms with van der Waals surface area (Å²) in [6.45, 7) is 0.649. The minimum absolute atomic E-state index is 0.0193. The number of likely N-dealkylation sites (N-methyl/N-ethyl adjacent to an activating group) is 1. The van der Waals surface area contributed by atoms with E-state index >= 15 is 0 Å². The second-order valence-electron chi connectivity index (χ2n) is 6.87. The summed E-state index contributed by atoms with van der Waals surface area (Å²) >= 11 is 0. The Labute approximate surface area is 153 Å². The highest BCUT2D eigenvalue weighted by molar-refractivity contribution is 5.99. The number of carbonyl (C=O) groups is 1. The first-order valence-electron chi connectivity index (χ1n) is 9.02. The maximum atomic E-state index is 13.0. The van der Waals surface area contributed by atoms with Crippen LogP contribution in [-0.2, 0) is 6.42 Å². The molecular weight excluding hydrogens is 326 g/mol. The zero-order valence-electron chi connectivity index (χ0n) is 15.2. The fourth-order valence-electron chi connectivity index (χ4n) is 3.22. The molecule has 0 radical (unpaired) electrons. The molecule has 134 valence electrons. The van der Waals surface area contributed by atoms with Crippen molar-refractivity contribution in [1.29, 1.82) is 0 Å². The third-order valence-electron chi connectivity index (χ3n) is 4.96. The van der Waals surface area contributed by atoms with Crippen LogP contribution < -0.4 is 4.74 Å². The lowest BCUT2D eigenvalue weighted by molar-refractivity contribution is 0.0793. The predicted octanol–water partition coefficient (Wildman–Crippen LogP) is 3.54. The number of hydrogen-bond donors (Lipinski definition) is 0. The summed E-state index contributed by atoms with van der Waals surface area (Å²) in [6, 6.07) is 13.9. The molecule has 1 aliphatic carbocycles. The molecule has 5 nitrogen and oxygen atoms in total. The van der Waals surface area contributed by atoms with E-state index in [1.807, 2.05) is 55.7 Å². The first kappa shape index (κ1) is 16.6. The van der Waals surface area contributed by atoms with Gasteiger partial charge in [-0.05, 0) is 49.1 Å². The smallest absolute Gasteiger partial charge is 0.274 e. The third-order valence-corrected chi connectivity index (χ3v) is 4.96. The Morgan fingerprint density at radius 3 is 2.69 bits per heavy atom. The topological polar surface area (TPSA) is 46.8 Å². The van der Waals surface area contributed by atoms with Gasteiger partial charge in [0.05, 0.1) is 12.6 Å². The number of aromatic nitrogens is 2. The fraction of sp³-hybridized carbons (Fsp3) is 0.333. The predicted molar refractivity (Wildman–Crippen MR) is 101 cm³/mol. The molecule has 1 saturated carbocycles. The summed E-state index contributed by atoms with van der Waals surface area (Å²) < 4.78 is 7.25. The first-order chi connectivity index (χ1) is 12.7. The molecular formula is C21H23N3O2. The molecule has 0 saturated heterocycles. The zero-order chi connectivity index (χ0) is 18.1. The van der Waals surface area contributed by atoms with Crippen molar-refractivity contribution < 1.29 is 9.53 Å². The zero-order valence-corrected chi connectivity index (χ0v) is 15.2. The van der Waals surface area contributed by atoms with E-state index in [2.05, 4.69) is 4.40 Å². The molecule has 0 aliphatic heterocycles. The molecule has 1 amide bonds. The standard InChI is InChI=1S/C21H23N3O2/c1-23(14-12-15-6-10-17(26-2)11-7-15)21(25)19-18-5-3-4-13-24(18)20(22-19)16-8-9-16/h3-7,10-11,13,16H,8-9,12,14H2,1-2H3. The van der Waals surface area contributed by atoms with Crippen LogP contribution in [0.2, 0.25) is 0 Å². The molecule has 0 atom stereocenters. The van der Waals surface area contributed by atoms with Crippen molar-refractivity contribution in [3.63, 3.8) is 0 Å². The highest BCUT2D eigenvalue weighted by Crippen LogP contribution is 2.40. The highest BCUT2D eigenvalue weighted by Gasteiger charge is 2.31. The Hall–Kier alpha value is -2.82. The van der Waals surface area contributed by atoms with Gasteiger partial charge in [-0.3, -0.25) is 4.79 Å². The van der Waals surface area contributed by atoms with Crippen molar-refractivity contribution in [2.75, 3.05) is 20.7 Å². The van der Waals surface area contributed by atoms with Gasteiger partial charge in [0, 0.05) is 25.7 Å². The summed E-state index contributed by atoms with van der Waals surface area (Å²) in [6.07, 6.45) is 5.13. The number of rotatable bonds is 6. The minimum atomic E-state index is -0.0193. The lowest BCUT2D eigenvalue weighted by Gasteiger charge is -2.16. The second kappa shape index (κ2) is 6.83. The van der Waals surface area contributed by atoms with Gasteiger partial charge >= 0.3 is 0 Å². The lowest BCUT2D eigenvalue weighted by Crippen LogP contribution is -2.29. The van der Waals surface area contributed by atoms with E-state index in [-0.39, 0.29) is 5.91 Å². The molecule has 0 spiro atoms. The van der Waals surface area contributed by atoms with Gasteiger partial charge in [0.1, 0.15) is 11.6 Å². The Balaban J connectivity index is 1.50. The van der Waals surface area contributed by atoms with Gasteiger partial charge in [-0.2, -0.15) is 0 Å². The van der Waals surface area contributed by atoms with Crippen LogP contribution in [0, 0.1) is 0 Å². The van der Waals surface area contributed by atoms with Crippen LogP contribution >= 0.6 is 0 Å². The molecule has 0 unspecified atom stereocenters. The number of nitrogens with zero attached hydrogens (tertiary/aromatic N) is 3. The summed E-state index contributed by atoms with van der Waals surface area (Å²) in [5, 5.41) is 0. The number of ether oxygens (including phenoxy) is 1. The minimum Gasteiger partial charge on any atom is -0.497 e. The van der Waals surface area contributed by atoms with Crippen molar-refractivity contribution in [3.8, 4) is 5.75 Å². The maximum absolute atomic E-state index is 13.0. The Kier molecular flexibility index (Phi) is 4.37. The van der Waals surface area contributed by atoms with Crippen LogP contribution in [0.15, 0.2) is 48.7 Å². The van der Waals surface area contributed by atoms with Gasteiger partial charge in [-0.25, -0.2) is 4.98 Å². The van der Waals surface area contributed by atoms with Crippen molar-refractivity contribution >= 4 is 11.4 Å². The van der Waals surface area contributed by atoms with E-state index in [0.29, 0.717) is 18.2 Å². The fourth-order valence-corrected chi connectivity index (χ4v) is 3.22. The molecule has 2 aromatic heterocycles. The molecule has 1 aliphatic rings. The van der Waals surface area contributed by atoms with Gasteiger partial charge in [-0.15, -0.1) is 0 Å². The normalized spacial score (nSPS) is 13.8. The summed E-state index contributed by atoms with van der Waals surface area (Å²) in [7, 11) is 3.50. The first-order valence-corrected chi connectivity index (χ1v) is 9.02. The number of imidazole rings is 1. The van der Waals surface area contributed by atoms with Crippen LogP contribution in [0.1, 0.15) is 40.6 Å². The number of pyridine rings is 1. The lowest BCUT2D eigenvalue weighted by atomic mass is 10.1. The van der Waals surface area contributed by atoms with E-state index in [9.17, 15) is 4.79 Å². The molecule has 1 fully saturated rings. The van der Waals surface area contributed by atoms with Crippen LogP contribution in [-0.4, -0.2) is 40.9 Å². The number of fused-ring (bicyclic) bond motifs is 1. The van der Waals surface area contributed by atoms with E-state index < -0.39 is 0 Å². The summed E-state index contributed by atoms with van der Waals surface area (Å²) in [4.78, 5) is 19.4. The van der Waals surface area contributed by atoms with Crippen LogP contribution in [0.4, 0.5) is 0 Å². The van der Waals surface area contributed by atoms with Crippen LogP contribution in [0.5, 0.6) is 5.75 Å². The van der Waals surface area contributed by atoms with E-state index in [1.165, 1.54) is 5.56 Å². The second-order valence-corrected chi connectivity index (χ2v) is 6.87. The monoisotopic (exact) mass is 349 g/mol. The van der Waals surface area contributed by atoms with Crippen molar-refractivity contribution in [2.24, 2.45) is 0 Å².